The fourth-order valence-electron chi connectivity index (χ4n) is 7.21. The van der Waals surface area contributed by atoms with Crippen LogP contribution in [-0.4, -0.2) is 12.6 Å². The van der Waals surface area contributed by atoms with Crippen LogP contribution in [0, 0.1) is 0 Å². The number of halogens is 1. The maximum absolute atomic E-state index is 14.6. The summed E-state index contributed by atoms with van der Waals surface area (Å²) < 4.78 is 37.9. The molecule has 0 N–H and O–H groups in total. The predicted octanol–water partition coefficient (Wildman–Crippen LogP) is 16.4. The first-order valence-corrected chi connectivity index (χ1v) is 23.2. The van der Waals surface area contributed by atoms with Gasteiger partial charge in [0.1, 0.15) is 11.5 Å². The number of para-hydroxylation sites is 1. The zero-order valence-electron chi connectivity index (χ0n) is 38.4. The molecule has 0 radical (unpaired) electrons. The first kappa shape index (κ1) is 50.0. The molecule has 7 heteroatoms. The molecular weight excluding hydrogens is 719 g/mol. The Morgan fingerprint density at radius 1 is 0.571 bits per heavy atom. The molecule has 0 saturated carbocycles. The minimum Gasteiger partial charge on any atom is -0.465 e. The predicted molar refractivity (Wildman–Crippen MR) is 237 cm³/mol. The van der Waals surface area contributed by atoms with E-state index in [0.717, 1.165) is 40.7 Å². The molecule has 56 heavy (non-hydrogen) atoms. The Labute approximate surface area is 344 Å². The summed E-state index contributed by atoms with van der Waals surface area (Å²) in [5.41, 5.74) is 3.12. The fraction of sp³-hybridized carbons (Fsp3) is 0.735. The van der Waals surface area contributed by atoms with Gasteiger partial charge in [-0.05, 0) is 45.1 Å². The number of rotatable bonds is 24. The number of hydrogen-bond donors (Lipinski definition) is 0. The number of hydrogen-bond acceptors (Lipinski definition) is 5. The summed E-state index contributed by atoms with van der Waals surface area (Å²) in [7, 11) is -2.48. The minimum atomic E-state index is -2.48. The second kappa shape index (κ2) is 23.4. The molecule has 0 spiro atoms. The molecule has 0 saturated heterocycles. The summed E-state index contributed by atoms with van der Waals surface area (Å²) in [6.45, 7) is 29.9. The number of benzene rings is 2. The van der Waals surface area contributed by atoms with E-state index in [1.165, 1.54) is 89.9 Å². The van der Waals surface area contributed by atoms with Crippen LogP contribution < -0.4 is 9.05 Å². The van der Waals surface area contributed by atoms with E-state index in [1.54, 1.807) is 0 Å². The standard InChI is InChI=1S/C49H82FO5P/c1-15-16-17-18-19-20-21-22-23-24-25-26-27-28-29-30-34-52-45(51)37(2)38-35-41(48(9,10)11)44(42(36-38)49(12,13)14)54-56(55-50)53-43-39(46(3,4)5)32-31-33-40(43)47(6,7)8/h31-33,35-37H,15-30,34H2,1-14H3. The molecule has 0 aliphatic heterocycles. The van der Waals surface area contributed by atoms with Gasteiger partial charge in [0.2, 0.25) is 0 Å². The molecule has 2 aromatic rings. The molecule has 0 aromatic heterocycles. The van der Waals surface area contributed by atoms with Gasteiger partial charge in [0.05, 0.1) is 12.5 Å². The van der Waals surface area contributed by atoms with Crippen molar-refractivity contribution in [3.63, 3.8) is 0 Å². The van der Waals surface area contributed by atoms with Gasteiger partial charge in [-0.3, -0.25) is 4.79 Å². The molecule has 0 aliphatic rings. The van der Waals surface area contributed by atoms with Gasteiger partial charge in [0, 0.05) is 22.3 Å². The van der Waals surface area contributed by atoms with Crippen molar-refractivity contribution in [2.75, 3.05) is 6.61 Å². The molecule has 2 rings (SSSR count). The molecule has 0 bridgehead atoms. The van der Waals surface area contributed by atoms with Gasteiger partial charge < -0.3 is 13.8 Å². The lowest BCUT2D eigenvalue weighted by Gasteiger charge is -2.33. The SMILES string of the molecule is CCCCCCCCCCCCCCCCCCOC(=O)C(C)c1cc(C(C)(C)C)c(OP(OF)Oc2c(C(C)(C)C)cccc2C(C)(C)C)c(C(C)(C)C)c1. The molecule has 5 nitrogen and oxygen atoms in total. The van der Waals surface area contributed by atoms with E-state index in [9.17, 15) is 9.32 Å². The van der Waals surface area contributed by atoms with Crippen molar-refractivity contribution < 1.29 is 27.8 Å². The van der Waals surface area contributed by atoms with Crippen LogP contribution in [0.15, 0.2) is 30.3 Å². The van der Waals surface area contributed by atoms with Crippen molar-refractivity contribution in [3.8, 4) is 11.5 Å². The van der Waals surface area contributed by atoms with E-state index >= 15 is 0 Å². The largest absolute Gasteiger partial charge is 0.497 e. The third-order valence-corrected chi connectivity index (χ3v) is 11.6. The van der Waals surface area contributed by atoms with Gasteiger partial charge in [0.25, 0.3) is 0 Å². The second-order valence-electron chi connectivity index (χ2n) is 20.3. The summed E-state index contributed by atoms with van der Waals surface area (Å²) in [6, 6.07) is 10.1. The Balaban J connectivity index is 2.08. The Kier molecular flexibility index (Phi) is 20.9. The highest BCUT2D eigenvalue weighted by atomic mass is 31.2. The number of ether oxygens (including phenoxy) is 1. The molecule has 2 aromatic carbocycles. The van der Waals surface area contributed by atoms with Crippen LogP contribution in [0.5, 0.6) is 11.5 Å². The second-order valence-corrected chi connectivity index (χ2v) is 21.2. The topological polar surface area (TPSA) is 54.0 Å². The van der Waals surface area contributed by atoms with E-state index in [0.29, 0.717) is 18.1 Å². The summed E-state index contributed by atoms with van der Waals surface area (Å²) >= 11 is 0. The van der Waals surface area contributed by atoms with Crippen LogP contribution in [0.3, 0.4) is 0 Å². The smallest absolute Gasteiger partial charge is 0.465 e. The first-order valence-electron chi connectivity index (χ1n) is 22.1. The molecule has 0 aliphatic carbocycles. The van der Waals surface area contributed by atoms with Gasteiger partial charge in [-0.1, -0.05) is 221 Å². The molecule has 2 atom stereocenters. The number of unbranched alkanes of at least 4 members (excludes halogenated alkanes) is 15. The van der Waals surface area contributed by atoms with Crippen LogP contribution in [0.4, 0.5) is 4.53 Å². The van der Waals surface area contributed by atoms with E-state index < -0.39 is 25.4 Å². The van der Waals surface area contributed by atoms with E-state index in [2.05, 4.69) is 94.7 Å². The molecule has 0 amide bonds. The average molecular weight is 801 g/mol. The Morgan fingerprint density at radius 3 is 1.25 bits per heavy atom. The van der Waals surface area contributed by atoms with Crippen LogP contribution in [0.1, 0.15) is 233 Å². The first-order chi connectivity index (χ1) is 26.1. The van der Waals surface area contributed by atoms with Crippen molar-refractivity contribution in [2.45, 2.75) is 227 Å². The lowest BCUT2D eigenvalue weighted by Crippen LogP contribution is -2.22. The number of carbonyl (C=O) groups is 1. The van der Waals surface area contributed by atoms with Crippen molar-refractivity contribution in [1.29, 1.82) is 0 Å². The van der Waals surface area contributed by atoms with Gasteiger partial charge in [0.15, 0.2) is 0 Å². The van der Waals surface area contributed by atoms with E-state index in [-0.39, 0.29) is 16.8 Å². The highest BCUT2D eigenvalue weighted by Crippen LogP contribution is 2.52. The van der Waals surface area contributed by atoms with Gasteiger partial charge >= 0.3 is 14.6 Å². The van der Waals surface area contributed by atoms with Crippen molar-refractivity contribution in [1.82, 2.24) is 0 Å². The van der Waals surface area contributed by atoms with Crippen molar-refractivity contribution >= 4 is 14.6 Å². The zero-order valence-corrected chi connectivity index (χ0v) is 39.2. The molecule has 0 heterocycles. The Morgan fingerprint density at radius 2 is 0.911 bits per heavy atom. The summed E-state index contributed by atoms with van der Waals surface area (Å²) in [5.74, 6) is 0.404. The van der Waals surface area contributed by atoms with Crippen molar-refractivity contribution in [3.05, 3.63) is 58.1 Å². The third-order valence-electron chi connectivity index (χ3n) is 10.8. The van der Waals surface area contributed by atoms with Crippen LogP contribution >= 0.6 is 8.60 Å². The third kappa shape index (κ3) is 17.0. The maximum atomic E-state index is 14.6. The molecular formula is C49H82FO5P. The summed E-state index contributed by atoms with van der Waals surface area (Å²) in [4.78, 5) is 13.4. The highest BCUT2D eigenvalue weighted by molar-refractivity contribution is 7.42. The van der Waals surface area contributed by atoms with Gasteiger partial charge in [-0.2, -0.15) is 0 Å². The number of carbonyl (C=O) groups excluding carboxylic acids is 1. The lowest BCUT2D eigenvalue weighted by molar-refractivity contribution is -0.145. The fourth-order valence-corrected chi connectivity index (χ4v) is 8.00. The van der Waals surface area contributed by atoms with Gasteiger partial charge in [-0.15, -0.1) is 0 Å². The highest BCUT2D eigenvalue weighted by Gasteiger charge is 2.35. The normalized spacial score (nSPS) is 13.8. The van der Waals surface area contributed by atoms with Crippen molar-refractivity contribution in [2.24, 2.45) is 0 Å². The maximum Gasteiger partial charge on any atom is 0.497 e. The van der Waals surface area contributed by atoms with E-state index in [4.69, 9.17) is 13.8 Å². The quantitative estimate of drug-likeness (QED) is 0.0601. The Hall–Kier alpha value is -2.17. The van der Waals surface area contributed by atoms with Crippen LogP contribution in [-0.2, 0) is 35.9 Å². The molecule has 2 unspecified atom stereocenters. The number of esters is 1. The Bertz CT molecular complexity index is 1380. The minimum absolute atomic E-state index is 0.231. The summed E-state index contributed by atoms with van der Waals surface area (Å²) in [6.07, 6.45) is 20.9. The summed E-state index contributed by atoms with van der Waals surface area (Å²) in [5, 5.41) is 0. The average Bonchev–Trinajstić information content (AvgIpc) is 3.10. The zero-order chi connectivity index (χ0) is 42.2. The van der Waals surface area contributed by atoms with E-state index in [1.807, 2.05) is 37.3 Å². The van der Waals surface area contributed by atoms with Crippen LogP contribution in [0.25, 0.3) is 0 Å². The van der Waals surface area contributed by atoms with Gasteiger partial charge in [-0.25, -0.2) is 0 Å². The molecule has 0 fully saturated rings. The molecule has 320 valence electrons. The lowest BCUT2D eigenvalue weighted by atomic mass is 9.77. The van der Waals surface area contributed by atoms with Crippen LogP contribution in [0.2, 0.25) is 0 Å². The monoisotopic (exact) mass is 801 g/mol.